The number of alkyl halides is 1. The van der Waals surface area contributed by atoms with E-state index in [1.165, 1.54) is 4.90 Å². The summed E-state index contributed by atoms with van der Waals surface area (Å²) in [5.41, 5.74) is 0. The molecule has 2 fully saturated rings. The molecule has 0 spiro atoms. The highest BCUT2D eigenvalue weighted by Gasteiger charge is 2.42. The predicted molar refractivity (Wildman–Crippen MR) is 45.4 cm³/mol. The molecule has 2 saturated heterocycles. The van der Waals surface area contributed by atoms with Gasteiger partial charge in [0.1, 0.15) is 0 Å². The van der Waals surface area contributed by atoms with E-state index >= 15 is 0 Å². The number of nitrogens with zero attached hydrogens (tertiary/aromatic N) is 2. The lowest BCUT2D eigenvalue weighted by atomic mass is 10.1. The van der Waals surface area contributed by atoms with Gasteiger partial charge in [0.2, 0.25) is 0 Å². The Hall–Kier alpha value is -1.37. The summed E-state index contributed by atoms with van der Waals surface area (Å²) < 4.78 is 12.8. The van der Waals surface area contributed by atoms with Gasteiger partial charge >= 0.3 is 18.4 Å². The zero-order valence-electron chi connectivity index (χ0n) is 7.93. The van der Waals surface area contributed by atoms with Crippen LogP contribution in [-0.4, -0.2) is 52.6 Å². The molecule has 0 aromatic rings. The van der Waals surface area contributed by atoms with Crippen molar-refractivity contribution < 1.29 is 23.9 Å². The molecule has 2 unspecified atom stereocenters. The Labute approximate surface area is 85.2 Å². The van der Waals surface area contributed by atoms with Crippen molar-refractivity contribution in [3.8, 4) is 0 Å². The molecule has 0 aromatic heterocycles. The topological polar surface area (TPSA) is 70.1 Å². The fourth-order valence-electron chi connectivity index (χ4n) is 1.89. The smallest absolute Gasteiger partial charge is 0.368 e. The second-order valence-electron chi connectivity index (χ2n) is 3.61. The quantitative estimate of drug-likeness (QED) is 0.734. The van der Waals surface area contributed by atoms with Crippen molar-refractivity contribution in [1.82, 2.24) is 9.96 Å². The van der Waals surface area contributed by atoms with Crippen molar-refractivity contribution in [3.63, 3.8) is 0 Å². The molecule has 0 saturated carbocycles. The summed E-state index contributed by atoms with van der Waals surface area (Å²) in [6, 6.07) is -0.662. The van der Waals surface area contributed by atoms with E-state index in [0.717, 1.165) is 11.5 Å². The SMILES string of the molecule is O=C(O)C(F)ON1C(=O)N2CCCC1C2. The number of hydrogen-bond donors (Lipinski definition) is 1. The van der Waals surface area contributed by atoms with Gasteiger partial charge in [-0.1, -0.05) is 0 Å². The van der Waals surface area contributed by atoms with Crippen LogP contribution in [0.3, 0.4) is 0 Å². The molecule has 7 heteroatoms. The number of carboxylic acid groups (broad SMARTS) is 1. The van der Waals surface area contributed by atoms with Crippen LogP contribution in [0.15, 0.2) is 0 Å². The Morgan fingerprint density at radius 3 is 3.00 bits per heavy atom. The molecule has 0 aliphatic carbocycles. The second-order valence-corrected chi connectivity index (χ2v) is 3.61. The molecule has 2 aliphatic heterocycles. The van der Waals surface area contributed by atoms with E-state index in [4.69, 9.17) is 5.11 Å². The van der Waals surface area contributed by atoms with Gasteiger partial charge in [0.25, 0.3) is 0 Å². The summed E-state index contributed by atoms with van der Waals surface area (Å²) in [4.78, 5) is 27.8. The van der Waals surface area contributed by atoms with Crippen molar-refractivity contribution in [3.05, 3.63) is 0 Å². The van der Waals surface area contributed by atoms with Crippen LogP contribution in [-0.2, 0) is 9.63 Å². The number of fused-ring (bicyclic) bond motifs is 2. The number of urea groups is 1. The van der Waals surface area contributed by atoms with E-state index in [9.17, 15) is 14.0 Å². The van der Waals surface area contributed by atoms with Gasteiger partial charge in [0.15, 0.2) is 0 Å². The third-order valence-corrected chi connectivity index (χ3v) is 2.59. The fraction of sp³-hybridized carbons (Fsp3) is 0.750. The molecule has 2 bridgehead atoms. The molecule has 0 radical (unpaired) electrons. The molecule has 84 valence electrons. The number of carboxylic acids is 1. The lowest BCUT2D eigenvalue weighted by Gasteiger charge is -2.22. The first-order valence-electron chi connectivity index (χ1n) is 4.71. The van der Waals surface area contributed by atoms with Crippen molar-refractivity contribution in [2.75, 3.05) is 13.1 Å². The minimum Gasteiger partial charge on any atom is -0.477 e. The molecule has 2 atom stereocenters. The zero-order valence-corrected chi connectivity index (χ0v) is 7.93. The number of carbonyl (C=O) groups is 2. The Kier molecular flexibility index (Phi) is 2.47. The van der Waals surface area contributed by atoms with Crippen LogP contribution in [0.5, 0.6) is 0 Å². The Morgan fingerprint density at radius 1 is 1.67 bits per heavy atom. The standard InChI is InChI=1S/C8H11FN2O4/c9-6(7(12)13)15-11-5-2-1-3-10(4-5)8(11)14/h5-6H,1-4H2,(H,12,13). The lowest BCUT2D eigenvalue weighted by Crippen LogP contribution is -2.38. The Bertz CT molecular complexity index is 298. The molecular formula is C8H11FN2O4. The number of piperidine rings is 1. The molecule has 2 rings (SSSR count). The van der Waals surface area contributed by atoms with Crippen LogP contribution in [0.1, 0.15) is 12.8 Å². The van der Waals surface area contributed by atoms with Crippen LogP contribution in [0, 0.1) is 0 Å². The van der Waals surface area contributed by atoms with Crippen LogP contribution in [0.4, 0.5) is 9.18 Å². The Balaban J connectivity index is 2.03. The summed E-state index contributed by atoms with van der Waals surface area (Å²) >= 11 is 0. The fourth-order valence-corrected chi connectivity index (χ4v) is 1.89. The molecular weight excluding hydrogens is 207 g/mol. The van der Waals surface area contributed by atoms with Gasteiger partial charge in [-0.25, -0.2) is 18.8 Å². The number of aliphatic carboxylic acids is 1. The monoisotopic (exact) mass is 218 g/mol. The summed E-state index contributed by atoms with van der Waals surface area (Å²) in [5.74, 6) is -1.72. The predicted octanol–water partition coefficient (Wildman–Crippen LogP) is 0.198. The maximum absolute atomic E-state index is 12.8. The van der Waals surface area contributed by atoms with Crippen LogP contribution < -0.4 is 0 Å². The van der Waals surface area contributed by atoms with Gasteiger partial charge in [-0.05, 0) is 12.8 Å². The normalized spacial score (nSPS) is 27.0. The summed E-state index contributed by atoms with van der Waals surface area (Å²) in [5, 5.41) is 9.17. The van der Waals surface area contributed by atoms with Crippen molar-refractivity contribution in [2.45, 2.75) is 25.2 Å². The van der Waals surface area contributed by atoms with Crippen LogP contribution in [0.25, 0.3) is 0 Å². The minimum absolute atomic E-state index is 0.219. The van der Waals surface area contributed by atoms with Crippen molar-refractivity contribution in [2.24, 2.45) is 0 Å². The summed E-state index contributed by atoms with van der Waals surface area (Å²) in [7, 11) is 0. The number of halogens is 1. The van der Waals surface area contributed by atoms with Crippen LogP contribution >= 0.6 is 0 Å². The first-order valence-corrected chi connectivity index (χ1v) is 4.71. The van der Waals surface area contributed by atoms with Gasteiger partial charge < -0.3 is 10.0 Å². The summed E-state index contributed by atoms with van der Waals surface area (Å²) in [6.07, 6.45) is -0.927. The maximum atomic E-state index is 12.8. The van der Waals surface area contributed by atoms with E-state index < -0.39 is 18.4 Å². The number of hydroxylamine groups is 2. The lowest BCUT2D eigenvalue weighted by molar-refractivity contribution is -0.223. The average molecular weight is 218 g/mol. The molecule has 15 heavy (non-hydrogen) atoms. The van der Waals surface area contributed by atoms with E-state index in [-0.39, 0.29) is 6.04 Å². The second kappa shape index (κ2) is 3.65. The largest absolute Gasteiger partial charge is 0.477 e. The third-order valence-electron chi connectivity index (χ3n) is 2.59. The van der Waals surface area contributed by atoms with E-state index in [2.05, 4.69) is 4.84 Å². The minimum atomic E-state index is -2.48. The van der Waals surface area contributed by atoms with Crippen LogP contribution in [0.2, 0.25) is 0 Å². The molecule has 2 heterocycles. The maximum Gasteiger partial charge on any atom is 0.368 e. The van der Waals surface area contributed by atoms with Gasteiger partial charge in [0.05, 0.1) is 6.04 Å². The first-order chi connectivity index (χ1) is 7.09. The van der Waals surface area contributed by atoms with Gasteiger partial charge in [-0.15, -0.1) is 0 Å². The number of amides is 2. The highest BCUT2D eigenvalue weighted by Crippen LogP contribution is 2.26. The average Bonchev–Trinajstić information content (AvgIpc) is 2.42. The zero-order chi connectivity index (χ0) is 11.0. The van der Waals surface area contributed by atoms with Crippen molar-refractivity contribution >= 4 is 12.0 Å². The van der Waals surface area contributed by atoms with E-state index in [1.807, 2.05) is 0 Å². The molecule has 2 aliphatic rings. The van der Waals surface area contributed by atoms with Gasteiger partial charge in [0, 0.05) is 13.1 Å². The molecule has 2 amide bonds. The van der Waals surface area contributed by atoms with E-state index in [1.54, 1.807) is 0 Å². The number of carbonyl (C=O) groups excluding carboxylic acids is 1. The molecule has 6 nitrogen and oxygen atoms in total. The van der Waals surface area contributed by atoms with Gasteiger partial charge in [-0.3, -0.25) is 0 Å². The third kappa shape index (κ3) is 1.74. The highest BCUT2D eigenvalue weighted by molar-refractivity contribution is 5.77. The summed E-state index contributed by atoms with van der Waals surface area (Å²) in [6.45, 7) is 1.12. The van der Waals surface area contributed by atoms with Gasteiger partial charge in [-0.2, -0.15) is 5.06 Å². The Morgan fingerprint density at radius 2 is 2.40 bits per heavy atom. The number of hydrogen-bond acceptors (Lipinski definition) is 3. The van der Waals surface area contributed by atoms with E-state index in [0.29, 0.717) is 19.5 Å². The first kappa shape index (κ1) is 10.2. The number of rotatable bonds is 3. The highest BCUT2D eigenvalue weighted by atomic mass is 19.1. The molecule has 0 aromatic carbocycles. The molecule has 1 N–H and O–H groups in total. The van der Waals surface area contributed by atoms with Crippen molar-refractivity contribution in [1.29, 1.82) is 0 Å².